The maximum absolute atomic E-state index is 5.99. The van der Waals surface area contributed by atoms with Gasteiger partial charge in [0, 0.05) is 12.1 Å². The van der Waals surface area contributed by atoms with E-state index < -0.39 is 0 Å². The van der Waals surface area contributed by atoms with E-state index in [0.29, 0.717) is 13.3 Å². The lowest BCUT2D eigenvalue weighted by Crippen LogP contribution is -2.09. The van der Waals surface area contributed by atoms with Gasteiger partial charge in [-0.05, 0) is 23.8 Å². The molecule has 1 heterocycles. The molecule has 0 aliphatic carbocycles. The summed E-state index contributed by atoms with van der Waals surface area (Å²) in [5.41, 5.74) is 4.91. The van der Waals surface area contributed by atoms with Crippen LogP contribution in [0.4, 0.5) is 0 Å². The van der Waals surface area contributed by atoms with E-state index in [9.17, 15) is 0 Å². The molecule has 130 valence electrons. The van der Waals surface area contributed by atoms with E-state index in [1.165, 1.54) is 16.8 Å². The molecule has 3 nitrogen and oxygen atoms in total. The summed E-state index contributed by atoms with van der Waals surface area (Å²) in [5, 5.41) is 1.02. The number of benzene rings is 2. The van der Waals surface area contributed by atoms with Crippen molar-refractivity contribution in [1.29, 1.82) is 0 Å². The summed E-state index contributed by atoms with van der Waals surface area (Å²) >= 11 is 1.67. The molecule has 4 heteroatoms. The molecule has 1 aromatic heterocycles. The molecule has 0 unspecified atom stereocenters. The average Bonchev–Trinajstić information content (AvgIpc) is 3.00. The van der Waals surface area contributed by atoms with Crippen LogP contribution in [0.25, 0.3) is 0 Å². The second-order valence-corrected chi connectivity index (χ2v) is 6.67. The van der Waals surface area contributed by atoms with Crippen LogP contribution in [0.3, 0.4) is 0 Å². The standard InChI is InChI=1S/C21H24N2OS/c1-3-19-20(14-17-10-6-4-7-11-17)23(21(22-19)25-2)16-24-15-18-12-8-5-9-13-18/h4-13H,3,14-16H2,1-2H3. The van der Waals surface area contributed by atoms with Gasteiger partial charge in [-0.2, -0.15) is 0 Å². The fourth-order valence-corrected chi connectivity index (χ4v) is 3.48. The van der Waals surface area contributed by atoms with Crippen molar-refractivity contribution in [3.8, 4) is 0 Å². The van der Waals surface area contributed by atoms with Crippen LogP contribution >= 0.6 is 11.8 Å². The van der Waals surface area contributed by atoms with Crippen LogP contribution in [0.2, 0.25) is 0 Å². The second kappa shape index (κ2) is 8.88. The number of ether oxygens (including phenoxy) is 1. The lowest BCUT2D eigenvalue weighted by atomic mass is 10.1. The SMILES string of the molecule is CCc1nc(SC)n(COCc2ccccc2)c1Cc1ccccc1. The Kier molecular flexibility index (Phi) is 6.31. The highest BCUT2D eigenvalue weighted by molar-refractivity contribution is 7.98. The molecule has 0 atom stereocenters. The molecule has 0 radical (unpaired) electrons. The van der Waals surface area contributed by atoms with Crippen LogP contribution in [0.15, 0.2) is 65.8 Å². The molecule has 0 N–H and O–H groups in total. The first-order chi connectivity index (χ1) is 12.3. The number of aryl methyl sites for hydroxylation is 1. The summed E-state index contributed by atoms with van der Waals surface area (Å²) in [6, 6.07) is 20.8. The Bertz CT molecular complexity index is 784. The molecule has 0 spiro atoms. The van der Waals surface area contributed by atoms with Crippen LogP contribution in [0.5, 0.6) is 0 Å². The van der Waals surface area contributed by atoms with Crippen molar-refractivity contribution in [1.82, 2.24) is 9.55 Å². The topological polar surface area (TPSA) is 27.1 Å². The van der Waals surface area contributed by atoms with E-state index in [1.54, 1.807) is 11.8 Å². The van der Waals surface area contributed by atoms with Crippen molar-refractivity contribution in [2.24, 2.45) is 0 Å². The number of hydrogen-bond donors (Lipinski definition) is 0. The highest BCUT2D eigenvalue weighted by Gasteiger charge is 2.16. The fraction of sp³-hybridized carbons (Fsp3) is 0.286. The van der Waals surface area contributed by atoms with Crippen LogP contribution in [-0.2, 0) is 30.9 Å². The second-order valence-electron chi connectivity index (χ2n) is 5.90. The smallest absolute Gasteiger partial charge is 0.170 e. The Morgan fingerprint density at radius 3 is 2.20 bits per heavy atom. The predicted molar refractivity (Wildman–Crippen MR) is 104 cm³/mol. The van der Waals surface area contributed by atoms with Gasteiger partial charge in [-0.3, -0.25) is 4.57 Å². The van der Waals surface area contributed by atoms with Gasteiger partial charge in [0.2, 0.25) is 0 Å². The first kappa shape index (κ1) is 17.8. The third-order valence-electron chi connectivity index (χ3n) is 4.18. The molecular weight excluding hydrogens is 328 g/mol. The minimum Gasteiger partial charge on any atom is -0.356 e. The first-order valence-corrected chi connectivity index (χ1v) is 9.82. The van der Waals surface area contributed by atoms with Crippen molar-refractivity contribution >= 4 is 11.8 Å². The summed E-state index contributed by atoms with van der Waals surface area (Å²) in [7, 11) is 0. The van der Waals surface area contributed by atoms with E-state index in [2.05, 4.69) is 60.2 Å². The monoisotopic (exact) mass is 352 g/mol. The van der Waals surface area contributed by atoms with Crippen molar-refractivity contribution in [3.05, 3.63) is 83.2 Å². The summed E-state index contributed by atoms with van der Waals surface area (Å²) < 4.78 is 8.22. The zero-order chi connectivity index (χ0) is 17.5. The molecule has 0 saturated carbocycles. The number of thioether (sulfide) groups is 1. The molecule has 0 fully saturated rings. The van der Waals surface area contributed by atoms with E-state index in [4.69, 9.17) is 9.72 Å². The molecule has 3 rings (SSSR count). The maximum Gasteiger partial charge on any atom is 0.170 e. The Morgan fingerprint density at radius 1 is 0.960 bits per heavy atom. The Hall–Kier alpha value is -2.04. The van der Waals surface area contributed by atoms with Crippen molar-refractivity contribution in [2.45, 2.75) is 38.3 Å². The minimum absolute atomic E-state index is 0.528. The van der Waals surface area contributed by atoms with E-state index in [-0.39, 0.29) is 0 Å². The average molecular weight is 353 g/mol. The lowest BCUT2D eigenvalue weighted by molar-refractivity contribution is 0.0571. The summed E-state index contributed by atoms with van der Waals surface area (Å²) in [6.45, 7) is 3.30. The molecule has 0 bridgehead atoms. The van der Waals surface area contributed by atoms with Gasteiger partial charge in [-0.25, -0.2) is 4.98 Å². The normalized spacial score (nSPS) is 11.0. The van der Waals surface area contributed by atoms with Gasteiger partial charge < -0.3 is 4.74 Å². The summed E-state index contributed by atoms with van der Waals surface area (Å²) in [5.74, 6) is 0. The highest BCUT2D eigenvalue weighted by atomic mass is 32.2. The molecule has 2 aromatic carbocycles. The molecule has 0 aliphatic rings. The van der Waals surface area contributed by atoms with E-state index in [0.717, 1.165) is 23.7 Å². The van der Waals surface area contributed by atoms with Crippen molar-refractivity contribution in [2.75, 3.05) is 6.26 Å². The molecule has 25 heavy (non-hydrogen) atoms. The van der Waals surface area contributed by atoms with E-state index in [1.807, 2.05) is 18.2 Å². The number of imidazole rings is 1. The number of rotatable bonds is 8. The largest absolute Gasteiger partial charge is 0.356 e. The zero-order valence-corrected chi connectivity index (χ0v) is 15.6. The van der Waals surface area contributed by atoms with Gasteiger partial charge in [-0.15, -0.1) is 0 Å². The van der Waals surface area contributed by atoms with Crippen LogP contribution < -0.4 is 0 Å². The number of hydrogen-bond acceptors (Lipinski definition) is 3. The van der Waals surface area contributed by atoms with Crippen molar-refractivity contribution in [3.63, 3.8) is 0 Å². The van der Waals surface area contributed by atoms with E-state index >= 15 is 0 Å². The third-order valence-corrected chi connectivity index (χ3v) is 4.86. The van der Waals surface area contributed by atoms with Gasteiger partial charge >= 0.3 is 0 Å². The molecular formula is C21H24N2OS. The molecule has 0 saturated heterocycles. The highest BCUT2D eigenvalue weighted by Crippen LogP contribution is 2.23. The van der Waals surface area contributed by atoms with Gasteiger partial charge in [0.15, 0.2) is 5.16 Å². The first-order valence-electron chi connectivity index (χ1n) is 8.59. The number of nitrogens with zero attached hydrogens (tertiary/aromatic N) is 2. The van der Waals surface area contributed by atoms with Crippen molar-refractivity contribution < 1.29 is 4.74 Å². The van der Waals surface area contributed by atoms with Gasteiger partial charge in [-0.1, -0.05) is 79.3 Å². The molecule has 0 amide bonds. The minimum atomic E-state index is 0.528. The quantitative estimate of drug-likeness (QED) is 0.538. The van der Waals surface area contributed by atoms with Gasteiger partial charge in [0.1, 0.15) is 6.73 Å². The Morgan fingerprint density at radius 2 is 1.60 bits per heavy atom. The van der Waals surface area contributed by atoms with Gasteiger partial charge in [0.05, 0.1) is 12.3 Å². The lowest BCUT2D eigenvalue weighted by Gasteiger charge is -2.13. The maximum atomic E-state index is 5.99. The summed E-state index contributed by atoms with van der Waals surface area (Å²) in [4.78, 5) is 4.81. The zero-order valence-electron chi connectivity index (χ0n) is 14.8. The molecule has 0 aliphatic heterocycles. The van der Waals surface area contributed by atoms with Crippen LogP contribution in [0.1, 0.15) is 29.4 Å². The Labute approximate surface area is 154 Å². The fourth-order valence-electron chi connectivity index (χ4n) is 2.90. The summed E-state index contributed by atoms with van der Waals surface area (Å²) in [6.07, 6.45) is 3.88. The van der Waals surface area contributed by atoms with Gasteiger partial charge in [0.25, 0.3) is 0 Å². The third kappa shape index (κ3) is 4.53. The molecule has 3 aromatic rings. The predicted octanol–water partition coefficient (Wildman–Crippen LogP) is 4.93. The van der Waals surface area contributed by atoms with Crippen LogP contribution in [0, 0.1) is 0 Å². The Balaban J connectivity index is 1.79. The van der Waals surface area contributed by atoms with Crippen LogP contribution in [-0.4, -0.2) is 15.8 Å². The number of aromatic nitrogens is 2.